The van der Waals surface area contributed by atoms with Gasteiger partial charge in [-0.2, -0.15) is 0 Å². The summed E-state index contributed by atoms with van der Waals surface area (Å²) in [5.41, 5.74) is 2.62. The van der Waals surface area contributed by atoms with Gasteiger partial charge in [-0.05, 0) is 24.0 Å². The first kappa shape index (κ1) is 13.3. The monoisotopic (exact) mass is 267 g/mol. The molecule has 1 aliphatic carbocycles. The van der Waals surface area contributed by atoms with Crippen LogP contribution in [0.2, 0.25) is 0 Å². The summed E-state index contributed by atoms with van der Waals surface area (Å²) in [4.78, 5) is 2.40. The average molecular weight is 267 g/mol. The first-order valence-corrected chi connectivity index (χ1v) is 7.33. The minimum Gasteiger partial charge on any atom is -0.391 e. The number of hydrogen-bond acceptors (Lipinski definition) is 2. The Balaban J connectivity index is 1.74. The maximum Gasteiger partial charge on any atom is 0.0696 e. The summed E-state index contributed by atoms with van der Waals surface area (Å²) in [7, 11) is 0. The quantitative estimate of drug-likeness (QED) is 0.899. The van der Waals surface area contributed by atoms with E-state index in [-0.39, 0.29) is 6.10 Å². The van der Waals surface area contributed by atoms with Crippen LogP contribution in [0.3, 0.4) is 0 Å². The fourth-order valence-electron chi connectivity index (χ4n) is 2.82. The molecule has 1 aliphatic rings. The van der Waals surface area contributed by atoms with Gasteiger partial charge in [-0.25, -0.2) is 0 Å². The molecule has 0 radical (unpaired) electrons. The van der Waals surface area contributed by atoms with E-state index in [1.807, 2.05) is 12.1 Å². The normalized spacial score (nSPS) is 21.7. The van der Waals surface area contributed by atoms with Crippen LogP contribution in [0.5, 0.6) is 0 Å². The first-order chi connectivity index (χ1) is 9.83. The molecule has 0 amide bonds. The van der Waals surface area contributed by atoms with Crippen LogP contribution in [0.1, 0.15) is 24.0 Å². The second-order valence-electron chi connectivity index (χ2n) is 5.59. The average Bonchev–Trinajstić information content (AvgIpc) is 2.48. The molecule has 0 aromatic heterocycles. The van der Waals surface area contributed by atoms with Crippen molar-refractivity contribution in [2.24, 2.45) is 0 Å². The van der Waals surface area contributed by atoms with Gasteiger partial charge in [-0.1, -0.05) is 60.7 Å². The summed E-state index contributed by atoms with van der Waals surface area (Å²) in [6.45, 7) is 1.80. The molecule has 104 valence electrons. The summed E-state index contributed by atoms with van der Waals surface area (Å²) in [5, 5.41) is 9.99. The highest BCUT2D eigenvalue weighted by atomic mass is 16.3. The van der Waals surface area contributed by atoms with Crippen molar-refractivity contribution in [1.29, 1.82) is 0 Å². The third-order valence-electron chi connectivity index (χ3n) is 4.13. The molecule has 0 heterocycles. The Kier molecular flexibility index (Phi) is 4.14. The number of benzene rings is 2. The van der Waals surface area contributed by atoms with Gasteiger partial charge in [0.05, 0.1) is 6.10 Å². The number of aliphatic hydroxyl groups is 1. The van der Waals surface area contributed by atoms with Gasteiger partial charge in [0.15, 0.2) is 0 Å². The van der Waals surface area contributed by atoms with Crippen LogP contribution in [0.15, 0.2) is 60.7 Å². The molecular formula is C18H21NO. The van der Waals surface area contributed by atoms with E-state index in [0.29, 0.717) is 6.04 Å². The predicted molar refractivity (Wildman–Crippen MR) is 81.2 cm³/mol. The third kappa shape index (κ3) is 3.09. The summed E-state index contributed by atoms with van der Waals surface area (Å²) in [5.74, 6) is 0. The largest absolute Gasteiger partial charge is 0.391 e. The minimum atomic E-state index is -0.164. The Morgan fingerprint density at radius 2 is 1.30 bits per heavy atom. The van der Waals surface area contributed by atoms with E-state index in [4.69, 9.17) is 0 Å². The second kappa shape index (κ2) is 6.21. The number of nitrogens with zero attached hydrogens (tertiary/aromatic N) is 1. The van der Waals surface area contributed by atoms with Crippen LogP contribution in [-0.2, 0) is 13.1 Å². The highest BCUT2D eigenvalue weighted by Crippen LogP contribution is 2.28. The zero-order valence-electron chi connectivity index (χ0n) is 11.7. The summed E-state index contributed by atoms with van der Waals surface area (Å²) in [6, 6.07) is 21.3. The van der Waals surface area contributed by atoms with Crippen LogP contribution in [0, 0.1) is 0 Å². The molecule has 20 heavy (non-hydrogen) atoms. The fraction of sp³-hybridized carbons (Fsp3) is 0.333. The first-order valence-electron chi connectivity index (χ1n) is 7.33. The molecule has 1 fully saturated rings. The Morgan fingerprint density at radius 3 is 1.65 bits per heavy atom. The molecule has 2 aromatic carbocycles. The van der Waals surface area contributed by atoms with Crippen molar-refractivity contribution in [2.45, 2.75) is 38.1 Å². The van der Waals surface area contributed by atoms with Crippen molar-refractivity contribution < 1.29 is 5.11 Å². The van der Waals surface area contributed by atoms with E-state index in [0.717, 1.165) is 25.9 Å². The molecule has 1 saturated carbocycles. The summed E-state index contributed by atoms with van der Waals surface area (Å²) in [6.07, 6.45) is 1.87. The van der Waals surface area contributed by atoms with Crippen molar-refractivity contribution in [3.63, 3.8) is 0 Å². The maximum atomic E-state index is 9.99. The Hall–Kier alpha value is -1.64. The van der Waals surface area contributed by atoms with Gasteiger partial charge in [0.2, 0.25) is 0 Å². The van der Waals surface area contributed by atoms with Crippen molar-refractivity contribution in [3.8, 4) is 0 Å². The van der Waals surface area contributed by atoms with Crippen molar-refractivity contribution in [1.82, 2.24) is 4.90 Å². The maximum absolute atomic E-state index is 9.99. The van der Waals surface area contributed by atoms with E-state index in [2.05, 4.69) is 53.4 Å². The van der Waals surface area contributed by atoms with E-state index in [1.54, 1.807) is 0 Å². The van der Waals surface area contributed by atoms with Gasteiger partial charge < -0.3 is 5.11 Å². The minimum absolute atomic E-state index is 0.164. The van der Waals surface area contributed by atoms with Crippen LogP contribution in [0.4, 0.5) is 0 Å². The summed E-state index contributed by atoms with van der Waals surface area (Å²) >= 11 is 0. The van der Waals surface area contributed by atoms with E-state index in [1.165, 1.54) is 11.1 Å². The van der Waals surface area contributed by atoms with E-state index < -0.39 is 0 Å². The fourth-order valence-corrected chi connectivity index (χ4v) is 2.82. The van der Waals surface area contributed by atoms with Crippen molar-refractivity contribution in [2.75, 3.05) is 0 Å². The molecule has 2 nitrogen and oxygen atoms in total. The Bertz CT molecular complexity index is 484. The number of rotatable bonds is 5. The second-order valence-corrected chi connectivity index (χ2v) is 5.59. The smallest absolute Gasteiger partial charge is 0.0696 e. The van der Waals surface area contributed by atoms with Gasteiger partial charge in [0.1, 0.15) is 0 Å². The molecule has 0 unspecified atom stereocenters. The molecule has 2 atom stereocenters. The highest BCUT2D eigenvalue weighted by molar-refractivity contribution is 5.17. The van der Waals surface area contributed by atoms with E-state index >= 15 is 0 Å². The summed E-state index contributed by atoms with van der Waals surface area (Å²) < 4.78 is 0. The molecule has 0 spiro atoms. The van der Waals surface area contributed by atoms with Gasteiger partial charge in [0, 0.05) is 19.1 Å². The third-order valence-corrected chi connectivity index (χ3v) is 4.13. The number of aliphatic hydroxyl groups excluding tert-OH is 1. The lowest BCUT2D eigenvalue weighted by molar-refractivity contribution is -0.0288. The molecule has 0 saturated heterocycles. The van der Waals surface area contributed by atoms with Gasteiger partial charge in [-0.3, -0.25) is 4.90 Å². The van der Waals surface area contributed by atoms with Crippen LogP contribution >= 0.6 is 0 Å². The van der Waals surface area contributed by atoms with Crippen molar-refractivity contribution in [3.05, 3.63) is 71.8 Å². The molecule has 2 heteroatoms. The SMILES string of the molecule is O[C@@H]1CC[C@@H]1N(Cc1ccccc1)Cc1ccccc1. The Morgan fingerprint density at radius 1 is 0.800 bits per heavy atom. The van der Waals surface area contributed by atoms with Crippen molar-refractivity contribution >= 4 is 0 Å². The highest BCUT2D eigenvalue weighted by Gasteiger charge is 2.33. The number of hydrogen-bond donors (Lipinski definition) is 1. The van der Waals surface area contributed by atoms with E-state index in [9.17, 15) is 5.11 Å². The zero-order valence-corrected chi connectivity index (χ0v) is 11.7. The molecular weight excluding hydrogens is 246 g/mol. The lowest BCUT2D eigenvalue weighted by atomic mass is 9.87. The van der Waals surface area contributed by atoms with Crippen LogP contribution < -0.4 is 0 Å². The van der Waals surface area contributed by atoms with Crippen LogP contribution in [-0.4, -0.2) is 22.2 Å². The lowest BCUT2D eigenvalue weighted by Gasteiger charge is -2.41. The molecule has 2 aromatic rings. The zero-order chi connectivity index (χ0) is 13.8. The van der Waals surface area contributed by atoms with Gasteiger partial charge >= 0.3 is 0 Å². The standard InChI is InChI=1S/C18H21NO/c20-18-12-11-17(18)19(13-15-7-3-1-4-8-15)14-16-9-5-2-6-10-16/h1-10,17-18,20H,11-14H2/t17-,18+/m0/s1. The molecule has 0 bridgehead atoms. The Labute approximate surface area is 120 Å². The van der Waals surface area contributed by atoms with Gasteiger partial charge in [0.25, 0.3) is 0 Å². The predicted octanol–water partition coefficient (Wildman–Crippen LogP) is 3.21. The lowest BCUT2D eigenvalue weighted by Crippen LogP contribution is -2.49. The topological polar surface area (TPSA) is 23.5 Å². The van der Waals surface area contributed by atoms with Gasteiger partial charge in [-0.15, -0.1) is 0 Å². The molecule has 3 rings (SSSR count). The molecule has 1 N–H and O–H groups in total. The van der Waals surface area contributed by atoms with Crippen LogP contribution in [0.25, 0.3) is 0 Å². The molecule has 0 aliphatic heterocycles.